The van der Waals surface area contributed by atoms with Gasteiger partial charge >= 0.3 is 0 Å². The largest absolute Gasteiger partial charge is 0.346 e. The van der Waals surface area contributed by atoms with Crippen molar-refractivity contribution < 1.29 is 4.79 Å². The topological polar surface area (TPSA) is 46.9 Å². The van der Waals surface area contributed by atoms with E-state index in [1.165, 1.54) is 44.9 Å². The van der Waals surface area contributed by atoms with E-state index in [1.807, 2.05) is 43.3 Å². The fraction of sp³-hybridized carbons (Fsp3) is 0.481. The molecule has 0 fully saturated rings. The third kappa shape index (κ3) is 6.95. The number of carbonyl (C=O) groups excluding carboxylic acids is 1. The smallest absolute Gasteiger partial charge is 0.224 e. The second kappa shape index (κ2) is 12.3. The summed E-state index contributed by atoms with van der Waals surface area (Å²) in [6.45, 7) is 5.25. The van der Waals surface area contributed by atoms with Crippen molar-refractivity contribution >= 4 is 16.9 Å². The number of carbonyl (C=O) groups is 1. The van der Waals surface area contributed by atoms with Crippen LogP contribution in [-0.4, -0.2) is 15.5 Å². The molecule has 0 radical (unpaired) electrons. The third-order valence-electron chi connectivity index (χ3n) is 5.89. The summed E-state index contributed by atoms with van der Waals surface area (Å²) in [5.41, 5.74) is 3.19. The van der Waals surface area contributed by atoms with Gasteiger partial charge in [-0.15, -0.1) is 0 Å². The van der Waals surface area contributed by atoms with E-state index in [-0.39, 0.29) is 11.9 Å². The lowest BCUT2D eigenvalue weighted by Gasteiger charge is -2.16. The Balaban J connectivity index is 1.59. The van der Waals surface area contributed by atoms with E-state index in [1.54, 1.807) is 0 Å². The minimum Gasteiger partial charge on any atom is -0.346 e. The fourth-order valence-electron chi connectivity index (χ4n) is 4.20. The zero-order chi connectivity index (χ0) is 21.9. The van der Waals surface area contributed by atoms with Crippen molar-refractivity contribution in [1.82, 2.24) is 14.9 Å². The molecule has 1 atom stereocenters. The van der Waals surface area contributed by atoms with Gasteiger partial charge < -0.3 is 9.88 Å². The summed E-state index contributed by atoms with van der Waals surface area (Å²) in [4.78, 5) is 17.5. The molecular weight excluding hydrogens is 382 g/mol. The number of nitrogens with zero attached hydrogens (tertiary/aromatic N) is 2. The molecule has 1 N–H and O–H groups in total. The molecule has 1 amide bonds. The molecule has 0 saturated carbocycles. The van der Waals surface area contributed by atoms with Gasteiger partial charge in [-0.25, -0.2) is 4.98 Å². The van der Waals surface area contributed by atoms with Crippen molar-refractivity contribution in [1.29, 1.82) is 0 Å². The minimum absolute atomic E-state index is 0.0318. The van der Waals surface area contributed by atoms with Crippen molar-refractivity contribution in [2.45, 2.75) is 84.2 Å². The van der Waals surface area contributed by atoms with Crippen LogP contribution in [0.3, 0.4) is 0 Å². The maximum atomic E-state index is 12.6. The highest BCUT2D eigenvalue weighted by molar-refractivity contribution is 5.79. The Morgan fingerprint density at radius 1 is 0.903 bits per heavy atom. The standard InChI is InChI=1S/C27H37N3O/c1-3-4-5-6-7-8-9-15-20-30-25-19-14-13-18-24(25)29-27(30)22(2)28-26(31)21-23-16-11-10-12-17-23/h10-14,16-19,22H,3-9,15,20-21H2,1-2H3,(H,28,31). The first-order valence-electron chi connectivity index (χ1n) is 12.0. The number of imidazole rings is 1. The van der Waals surface area contributed by atoms with E-state index < -0.39 is 0 Å². The monoisotopic (exact) mass is 419 g/mol. The average molecular weight is 420 g/mol. The first-order valence-corrected chi connectivity index (χ1v) is 12.0. The molecule has 2 aromatic carbocycles. The predicted molar refractivity (Wildman–Crippen MR) is 129 cm³/mol. The number of fused-ring (bicyclic) bond motifs is 1. The first kappa shape index (κ1) is 23.1. The lowest BCUT2D eigenvalue weighted by Crippen LogP contribution is -2.30. The quantitative estimate of drug-likeness (QED) is 0.317. The van der Waals surface area contributed by atoms with Gasteiger partial charge in [0.1, 0.15) is 5.82 Å². The molecule has 0 aliphatic heterocycles. The molecule has 0 aliphatic carbocycles. The van der Waals surface area contributed by atoms with Crippen molar-refractivity contribution in [3.63, 3.8) is 0 Å². The lowest BCUT2D eigenvalue weighted by molar-refractivity contribution is -0.121. The molecule has 4 heteroatoms. The zero-order valence-corrected chi connectivity index (χ0v) is 19.1. The highest BCUT2D eigenvalue weighted by atomic mass is 16.1. The van der Waals surface area contributed by atoms with E-state index in [4.69, 9.17) is 4.98 Å². The van der Waals surface area contributed by atoms with Crippen molar-refractivity contribution in [2.24, 2.45) is 0 Å². The summed E-state index contributed by atoms with van der Waals surface area (Å²) >= 11 is 0. The van der Waals surface area contributed by atoms with E-state index in [0.717, 1.165) is 35.4 Å². The van der Waals surface area contributed by atoms with Gasteiger partial charge in [0.25, 0.3) is 0 Å². The number of unbranched alkanes of at least 4 members (excludes halogenated alkanes) is 7. The SMILES string of the molecule is CCCCCCCCCCn1c(C(C)NC(=O)Cc2ccccc2)nc2ccccc21. The number of hydrogen-bond acceptors (Lipinski definition) is 2. The molecule has 3 aromatic rings. The van der Waals surface area contributed by atoms with E-state index >= 15 is 0 Å². The number of benzene rings is 2. The van der Waals surface area contributed by atoms with Gasteiger partial charge in [0, 0.05) is 6.54 Å². The molecule has 166 valence electrons. The summed E-state index contributed by atoms with van der Waals surface area (Å²) in [6, 6.07) is 18.0. The summed E-state index contributed by atoms with van der Waals surface area (Å²) in [5, 5.41) is 3.15. The molecule has 0 spiro atoms. The van der Waals surface area contributed by atoms with Gasteiger partial charge in [-0.1, -0.05) is 94.3 Å². The number of amides is 1. The Bertz CT molecular complexity index is 932. The van der Waals surface area contributed by atoms with Gasteiger partial charge in [0.2, 0.25) is 5.91 Å². The fourth-order valence-corrected chi connectivity index (χ4v) is 4.20. The van der Waals surface area contributed by atoms with Crippen LogP contribution in [0.2, 0.25) is 0 Å². The van der Waals surface area contributed by atoms with Gasteiger partial charge in [0.15, 0.2) is 0 Å². The van der Waals surface area contributed by atoms with Crippen LogP contribution in [-0.2, 0) is 17.8 Å². The van der Waals surface area contributed by atoms with Gasteiger partial charge in [-0.05, 0) is 31.0 Å². The molecule has 1 unspecified atom stereocenters. The molecule has 4 nitrogen and oxygen atoms in total. The average Bonchev–Trinajstić information content (AvgIpc) is 3.15. The molecule has 31 heavy (non-hydrogen) atoms. The molecule has 1 heterocycles. The highest BCUT2D eigenvalue weighted by Crippen LogP contribution is 2.22. The molecule has 3 rings (SSSR count). The van der Waals surface area contributed by atoms with Crippen molar-refractivity contribution in [2.75, 3.05) is 0 Å². The van der Waals surface area contributed by atoms with Crippen molar-refractivity contribution in [3.05, 3.63) is 66.0 Å². The Morgan fingerprint density at radius 3 is 2.29 bits per heavy atom. The zero-order valence-electron chi connectivity index (χ0n) is 19.1. The maximum Gasteiger partial charge on any atom is 0.224 e. The van der Waals surface area contributed by atoms with E-state index in [0.29, 0.717) is 6.42 Å². The van der Waals surface area contributed by atoms with Crippen LogP contribution in [0.5, 0.6) is 0 Å². The van der Waals surface area contributed by atoms with Crippen molar-refractivity contribution in [3.8, 4) is 0 Å². The van der Waals surface area contributed by atoms with Gasteiger partial charge in [0.05, 0.1) is 23.5 Å². The summed E-state index contributed by atoms with van der Waals surface area (Å²) in [7, 11) is 0. The first-order chi connectivity index (χ1) is 15.2. The number of aromatic nitrogens is 2. The Hall–Kier alpha value is -2.62. The second-order valence-electron chi connectivity index (χ2n) is 8.54. The van der Waals surface area contributed by atoms with Gasteiger partial charge in [-0.2, -0.15) is 0 Å². The molecule has 0 bridgehead atoms. The minimum atomic E-state index is -0.127. The number of rotatable bonds is 13. The van der Waals surface area contributed by atoms with Gasteiger partial charge in [-0.3, -0.25) is 4.79 Å². The number of hydrogen-bond donors (Lipinski definition) is 1. The van der Waals surface area contributed by atoms with E-state index in [9.17, 15) is 4.79 Å². The summed E-state index contributed by atoms with van der Waals surface area (Å²) in [6.07, 6.45) is 10.8. The normalized spacial score (nSPS) is 12.2. The number of aryl methyl sites for hydroxylation is 1. The second-order valence-corrected chi connectivity index (χ2v) is 8.54. The number of para-hydroxylation sites is 2. The van der Waals surface area contributed by atoms with E-state index in [2.05, 4.69) is 35.0 Å². The predicted octanol–water partition coefficient (Wildman–Crippen LogP) is 6.60. The Kier molecular flexibility index (Phi) is 9.14. The highest BCUT2D eigenvalue weighted by Gasteiger charge is 2.18. The maximum absolute atomic E-state index is 12.6. The molecular formula is C27H37N3O. The van der Waals surface area contributed by atoms with Crippen LogP contribution in [0.15, 0.2) is 54.6 Å². The third-order valence-corrected chi connectivity index (χ3v) is 5.89. The Morgan fingerprint density at radius 2 is 1.55 bits per heavy atom. The summed E-state index contributed by atoms with van der Waals surface area (Å²) < 4.78 is 2.31. The van der Waals surface area contributed by atoms with Crippen LogP contribution >= 0.6 is 0 Å². The lowest BCUT2D eigenvalue weighted by atomic mass is 10.1. The van der Waals surface area contributed by atoms with Crippen LogP contribution in [0.1, 0.15) is 82.6 Å². The Labute approximate surface area is 187 Å². The molecule has 1 aromatic heterocycles. The molecule has 0 saturated heterocycles. The van der Waals surface area contributed by atoms with Crippen LogP contribution in [0, 0.1) is 0 Å². The summed E-state index contributed by atoms with van der Waals surface area (Å²) in [5.74, 6) is 0.981. The van der Waals surface area contributed by atoms with Crippen LogP contribution < -0.4 is 5.32 Å². The molecule has 0 aliphatic rings. The van der Waals surface area contributed by atoms with Crippen LogP contribution in [0.25, 0.3) is 11.0 Å². The van der Waals surface area contributed by atoms with Crippen LogP contribution in [0.4, 0.5) is 0 Å². The number of nitrogens with one attached hydrogen (secondary N) is 1.